The molecule has 0 heterocycles. The van der Waals surface area contributed by atoms with E-state index in [9.17, 15) is 9.59 Å². The maximum Gasteiger partial charge on any atom is 0.272 e. The highest BCUT2D eigenvalue weighted by molar-refractivity contribution is 5.99. The number of benzene rings is 2. The Morgan fingerprint density at radius 1 is 0.846 bits per heavy atom. The van der Waals surface area contributed by atoms with Crippen molar-refractivity contribution in [2.45, 2.75) is 26.3 Å². The van der Waals surface area contributed by atoms with Crippen LogP contribution in [0.15, 0.2) is 48.5 Å². The van der Waals surface area contributed by atoms with Gasteiger partial charge in [-0.2, -0.15) is 10.5 Å². The smallest absolute Gasteiger partial charge is 0.267 e. The molecule has 1 N–H and O–H groups in total. The lowest BCUT2D eigenvalue weighted by Gasteiger charge is -2.35. The average Bonchev–Trinajstić information content (AvgIpc) is 2.64. The zero-order valence-corrected chi connectivity index (χ0v) is 14.8. The molecule has 2 aromatic rings. The van der Waals surface area contributed by atoms with Crippen molar-refractivity contribution in [2.24, 2.45) is 0 Å². The summed E-state index contributed by atoms with van der Waals surface area (Å²) in [6.45, 7) is 5.40. The highest BCUT2D eigenvalue weighted by Gasteiger charge is 2.29. The van der Waals surface area contributed by atoms with Gasteiger partial charge in [0.15, 0.2) is 0 Å². The predicted octanol–water partition coefficient (Wildman–Crippen LogP) is 3.02. The van der Waals surface area contributed by atoms with Crippen molar-refractivity contribution in [3.63, 3.8) is 0 Å². The van der Waals surface area contributed by atoms with Gasteiger partial charge in [-0.25, -0.2) is 5.01 Å². The Bertz CT molecular complexity index is 895. The van der Waals surface area contributed by atoms with Crippen LogP contribution in [-0.4, -0.2) is 22.4 Å². The standard InChI is InChI=1S/C20H18N4O2/c1-20(2,3)24(19(26)17-10-6-15(13-22)7-11-17)23-18(25)16-8-4-14(12-21)5-9-16/h4-11H,1-3H3,(H,23,25). The normalized spacial score (nSPS) is 10.3. The Labute approximate surface area is 152 Å². The SMILES string of the molecule is CC(C)(C)N(NC(=O)c1ccc(C#N)cc1)C(=O)c1ccc(C#N)cc1. The van der Waals surface area contributed by atoms with Crippen LogP contribution in [0.2, 0.25) is 0 Å². The fourth-order valence-corrected chi connectivity index (χ4v) is 2.20. The van der Waals surface area contributed by atoms with E-state index in [-0.39, 0.29) is 5.91 Å². The number of rotatable bonds is 2. The maximum atomic E-state index is 12.8. The van der Waals surface area contributed by atoms with Crippen LogP contribution in [-0.2, 0) is 0 Å². The number of nitrogens with one attached hydrogen (secondary N) is 1. The number of hydrazine groups is 1. The van der Waals surface area contributed by atoms with Crippen LogP contribution >= 0.6 is 0 Å². The van der Waals surface area contributed by atoms with E-state index in [0.29, 0.717) is 22.3 Å². The summed E-state index contributed by atoms with van der Waals surface area (Å²) in [5.74, 6) is -0.838. The minimum atomic E-state index is -0.673. The van der Waals surface area contributed by atoms with Gasteiger partial charge in [-0.1, -0.05) is 0 Å². The Kier molecular flexibility index (Phi) is 5.39. The summed E-state index contributed by atoms with van der Waals surface area (Å²) in [6, 6.07) is 16.3. The van der Waals surface area contributed by atoms with E-state index in [2.05, 4.69) is 5.43 Å². The Morgan fingerprint density at radius 3 is 1.65 bits per heavy atom. The number of amides is 2. The number of nitriles is 2. The zero-order chi connectivity index (χ0) is 19.3. The molecular weight excluding hydrogens is 328 g/mol. The summed E-state index contributed by atoms with van der Waals surface area (Å²) in [7, 11) is 0. The zero-order valence-electron chi connectivity index (χ0n) is 14.8. The molecule has 26 heavy (non-hydrogen) atoms. The van der Waals surface area contributed by atoms with Crippen LogP contribution in [0.5, 0.6) is 0 Å². The van der Waals surface area contributed by atoms with E-state index < -0.39 is 11.4 Å². The van der Waals surface area contributed by atoms with Crippen LogP contribution in [0.4, 0.5) is 0 Å². The summed E-state index contributed by atoms with van der Waals surface area (Å²) in [5.41, 5.74) is 3.56. The molecular formula is C20H18N4O2. The lowest BCUT2D eigenvalue weighted by molar-refractivity contribution is 0.0358. The van der Waals surface area contributed by atoms with Crippen molar-refractivity contribution in [3.8, 4) is 12.1 Å². The molecule has 0 bridgehead atoms. The monoisotopic (exact) mass is 346 g/mol. The molecule has 0 aromatic heterocycles. The summed E-state index contributed by atoms with van der Waals surface area (Å²) >= 11 is 0. The van der Waals surface area contributed by atoms with Crippen LogP contribution in [0.25, 0.3) is 0 Å². The van der Waals surface area contributed by atoms with Gasteiger partial charge in [0.1, 0.15) is 0 Å². The highest BCUT2D eigenvalue weighted by Crippen LogP contribution is 2.16. The van der Waals surface area contributed by atoms with Crippen LogP contribution in [0.1, 0.15) is 52.6 Å². The fraction of sp³-hybridized carbons (Fsp3) is 0.200. The first-order chi connectivity index (χ1) is 12.3. The van der Waals surface area contributed by atoms with E-state index in [1.165, 1.54) is 17.1 Å². The summed E-state index contributed by atoms with van der Waals surface area (Å²) in [6.07, 6.45) is 0. The van der Waals surface area contributed by atoms with Crippen molar-refractivity contribution in [1.82, 2.24) is 10.4 Å². The third kappa shape index (κ3) is 4.25. The van der Waals surface area contributed by atoms with Gasteiger partial charge in [0.05, 0.1) is 28.8 Å². The van der Waals surface area contributed by atoms with Gasteiger partial charge < -0.3 is 0 Å². The van der Waals surface area contributed by atoms with Gasteiger partial charge >= 0.3 is 0 Å². The van der Waals surface area contributed by atoms with Crippen molar-refractivity contribution >= 4 is 11.8 Å². The largest absolute Gasteiger partial charge is 0.272 e. The third-order valence-corrected chi connectivity index (χ3v) is 3.62. The molecule has 2 rings (SSSR count). The molecule has 0 aliphatic rings. The minimum Gasteiger partial charge on any atom is -0.267 e. The number of carbonyl (C=O) groups is 2. The van der Waals surface area contributed by atoms with E-state index in [0.717, 1.165) is 0 Å². The highest BCUT2D eigenvalue weighted by atomic mass is 16.2. The third-order valence-electron chi connectivity index (χ3n) is 3.62. The van der Waals surface area contributed by atoms with Crippen molar-refractivity contribution in [2.75, 3.05) is 0 Å². The van der Waals surface area contributed by atoms with Gasteiger partial charge in [0.2, 0.25) is 0 Å². The molecule has 0 spiro atoms. The fourth-order valence-electron chi connectivity index (χ4n) is 2.20. The molecule has 0 saturated carbocycles. The maximum absolute atomic E-state index is 12.8. The number of nitrogens with zero attached hydrogens (tertiary/aromatic N) is 3. The molecule has 6 nitrogen and oxygen atoms in total. The van der Waals surface area contributed by atoms with E-state index in [4.69, 9.17) is 10.5 Å². The van der Waals surface area contributed by atoms with Crippen LogP contribution in [0, 0.1) is 22.7 Å². The van der Waals surface area contributed by atoms with E-state index in [1.54, 1.807) is 57.2 Å². The second-order valence-corrected chi connectivity index (χ2v) is 6.63. The van der Waals surface area contributed by atoms with Gasteiger partial charge in [0.25, 0.3) is 11.8 Å². The lowest BCUT2D eigenvalue weighted by atomic mass is 10.1. The van der Waals surface area contributed by atoms with Gasteiger partial charge in [-0.15, -0.1) is 0 Å². The molecule has 2 aromatic carbocycles. The minimum absolute atomic E-state index is 0.339. The molecule has 0 aliphatic heterocycles. The second kappa shape index (κ2) is 7.50. The molecule has 0 unspecified atom stereocenters. The van der Waals surface area contributed by atoms with Crippen molar-refractivity contribution in [1.29, 1.82) is 10.5 Å². The first kappa shape index (κ1) is 18.7. The molecule has 0 atom stereocenters. The lowest BCUT2D eigenvalue weighted by Crippen LogP contribution is -2.55. The summed E-state index contributed by atoms with van der Waals surface area (Å²) in [5, 5.41) is 19.0. The molecule has 0 aliphatic carbocycles. The Morgan fingerprint density at radius 2 is 1.27 bits per heavy atom. The second-order valence-electron chi connectivity index (χ2n) is 6.63. The van der Waals surface area contributed by atoms with Gasteiger partial charge in [-0.05, 0) is 69.3 Å². The number of hydrogen-bond acceptors (Lipinski definition) is 4. The summed E-state index contributed by atoms with van der Waals surface area (Å²) < 4.78 is 0. The molecule has 0 fully saturated rings. The van der Waals surface area contributed by atoms with E-state index in [1.807, 2.05) is 12.1 Å². The molecule has 0 saturated heterocycles. The Balaban J connectivity index is 2.26. The first-order valence-corrected chi connectivity index (χ1v) is 7.92. The topological polar surface area (TPSA) is 97.0 Å². The van der Waals surface area contributed by atoms with Gasteiger partial charge in [0, 0.05) is 11.1 Å². The summed E-state index contributed by atoms with van der Waals surface area (Å²) in [4.78, 5) is 25.4. The molecule has 6 heteroatoms. The van der Waals surface area contributed by atoms with Crippen LogP contribution < -0.4 is 5.43 Å². The van der Waals surface area contributed by atoms with E-state index >= 15 is 0 Å². The number of carbonyl (C=O) groups excluding carboxylic acids is 2. The molecule has 0 radical (unpaired) electrons. The molecule has 2 amide bonds. The van der Waals surface area contributed by atoms with Crippen molar-refractivity contribution in [3.05, 3.63) is 70.8 Å². The average molecular weight is 346 g/mol. The first-order valence-electron chi connectivity index (χ1n) is 7.92. The predicted molar refractivity (Wildman–Crippen MR) is 95.7 cm³/mol. The number of hydrogen-bond donors (Lipinski definition) is 1. The molecule has 130 valence electrons. The van der Waals surface area contributed by atoms with Gasteiger partial charge in [-0.3, -0.25) is 15.0 Å². The quantitative estimate of drug-likeness (QED) is 0.845. The van der Waals surface area contributed by atoms with Crippen molar-refractivity contribution < 1.29 is 9.59 Å². The van der Waals surface area contributed by atoms with Crippen LogP contribution in [0.3, 0.4) is 0 Å². The Hall–Kier alpha value is -3.64.